The number of anilines is 1. The number of aromatic amines is 1. The van der Waals surface area contributed by atoms with Crippen molar-refractivity contribution in [2.75, 3.05) is 5.73 Å². The molecule has 16 heavy (non-hydrogen) atoms. The van der Waals surface area contributed by atoms with Gasteiger partial charge in [-0.15, -0.1) is 0 Å². The number of nitrogens with zero attached hydrogens (tertiary/aromatic N) is 2. The summed E-state index contributed by atoms with van der Waals surface area (Å²) in [5.41, 5.74) is 6.61. The SMILES string of the molecule is Cc1ccc(-n2ncc(=O)[nH]c2=O)cc1N. The second-order valence-electron chi connectivity index (χ2n) is 3.39. The Morgan fingerprint density at radius 3 is 2.75 bits per heavy atom. The smallest absolute Gasteiger partial charge is 0.349 e. The van der Waals surface area contributed by atoms with Crippen LogP contribution in [0.15, 0.2) is 34.0 Å². The zero-order valence-electron chi connectivity index (χ0n) is 8.60. The van der Waals surface area contributed by atoms with Crippen molar-refractivity contribution in [1.82, 2.24) is 14.8 Å². The fourth-order valence-electron chi connectivity index (χ4n) is 1.30. The Morgan fingerprint density at radius 2 is 2.12 bits per heavy atom. The van der Waals surface area contributed by atoms with Gasteiger partial charge in [-0.1, -0.05) is 6.07 Å². The van der Waals surface area contributed by atoms with E-state index in [1.807, 2.05) is 6.92 Å². The number of rotatable bonds is 1. The van der Waals surface area contributed by atoms with Gasteiger partial charge in [0.2, 0.25) is 0 Å². The largest absolute Gasteiger partial charge is 0.398 e. The van der Waals surface area contributed by atoms with E-state index in [0.717, 1.165) is 16.4 Å². The molecular weight excluding hydrogens is 208 g/mol. The van der Waals surface area contributed by atoms with E-state index in [1.54, 1.807) is 18.2 Å². The normalized spacial score (nSPS) is 10.3. The van der Waals surface area contributed by atoms with E-state index in [0.29, 0.717) is 11.4 Å². The molecule has 0 aliphatic rings. The van der Waals surface area contributed by atoms with Gasteiger partial charge in [0, 0.05) is 5.69 Å². The first-order chi connectivity index (χ1) is 7.58. The lowest BCUT2D eigenvalue weighted by Gasteiger charge is -2.05. The van der Waals surface area contributed by atoms with E-state index in [2.05, 4.69) is 10.1 Å². The minimum Gasteiger partial charge on any atom is -0.398 e. The number of aromatic nitrogens is 3. The minimum absolute atomic E-state index is 0.518. The first kappa shape index (κ1) is 10.2. The van der Waals surface area contributed by atoms with E-state index in [-0.39, 0.29) is 0 Å². The zero-order chi connectivity index (χ0) is 11.7. The van der Waals surface area contributed by atoms with Gasteiger partial charge in [-0.3, -0.25) is 9.78 Å². The zero-order valence-corrected chi connectivity index (χ0v) is 8.60. The molecule has 0 spiro atoms. The summed E-state index contributed by atoms with van der Waals surface area (Å²) in [6.45, 7) is 1.86. The van der Waals surface area contributed by atoms with Gasteiger partial charge in [-0.2, -0.15) is 9.78 Å². The molecule has 0 bridgehead atoms. The Balaban J connectivity index is 2.63. The molecule has 2 aromatic rings. The van der Waals surface area contributed by atoms with Gasteiger partial charge >= 0.3 is 5.69 Å². The molecule has 2 rings (SSSR count). The monoisotopic (exact) mass is 218 g/mol. The third kappa shape index (κ3) is 1.72. The van der Waals surface area contributed by atoms with Gasteiger partial charge in [0.25, 0.3) is 5.56 Å². The number of nitrogen functional groups attached to an aromatic ring is 1. The summed E-state index contributed by atoms with van der Waals surface area (Å²) < 4.78 is 1.08. The molecular formula is C10H10N4O2. The number of nitrogens with two attached hydrogens (primary N) is 1. The van der Waals surface area contributed by atoms with Crippen LogP contribution < -0.4 is 17.0 Å². The van der Waals surface area contributed by atoms with E-state index >= 15 is 0 Å². The Bertz CT molecular complexity index is 642. The maximum Gasteiger partial charge on any atom is 0.349 e. The fourth-order valence-corrected chi connectivity index (χ4v) is 1.30. The Labute approximate surface area is 90.4 Å². The number of hydrogen-bond donors (Lipinski definition) is 2. The molecule has 1 heterocycles. The average Bonchev–Trinajstić information content (AvgIpc) is 2.22. The van der Waals surface area contributed by atoms with Gasteiger partial charge in [0.15, 0.2) is 0 Å². The molecule has 0 saturated heterocycles. The van der Waals surface area contributed by atoms with Gasteiger partial charge in [0.1, 0.15) is 6.20 Å². The first-order valence-corrected chi connectivity index (χ1v) is 4.63. The lowest BCUT2D eigenvalue weighted by atomic mass is 10.2. The minimum atomic E-state index is -0.587. The summed E-state index contributed by atoms with van der Waals surface area (Å²) in [4.78, 5) is 24.4. The second kappa shape index (κ2) is 3.65. The van der Waals surface area contributed by atoms with Crippen LogP contribution in [-0.2, 0) is 0 Å². The average molecular weight is 218 g/mol. The van der Waals surface area contributed by atoms with Crippen LogP contribution in [-0.4, -0.2) is 14.8 Å². The summed E-state index contributed by atoms with van der Waals surface area (Å²) in [5, 5.41) is 3.72. The maximum atomic E-state index is 11.4. The molecule has 0 aliphatic heterocycles. The van der Waals surface area contributed by atoms with Gasteiger partial charge in [-0.05, 0) is 24.6 Å². The summed E-state index contributed by atoms with van der Waals surface area (Å²) in [6.07, 6.45) is 1.04. The van der Waals surface area contributed by atoms with Crippen LogP contribution in [0.1, 0.15) is 5.56 Å². The molecule has 0 aliphatic carbocycles. The predicted octanol–water partition coefficient (Wildman–Crippen LogP) is -0.189. The van der Waals surface area contributed by atoms with Crippen molar-refractivity contribution in [1.29, 1.82) is 0 Å². The molecule has 6 nitrogen and oxygen atoms in total. The third-order valence-corrected chi connectivity index (χ3v) is 2.22. The van der Waals surface area contributed by atoms with Crippen molar-refractivity contribution in [2.24, 2.45) is 0 Å². The standard InChI is InChI=1S/C10H10N4O2/c1-6-2-3-7(4-8(6)11)14-10(16)13-9(15)5-12-14/h2-5H,11H2,1H3,(H,13,15,16). The van der Waals surface area contributed by atoms with Crippen molar-refractivity contribution >= 4 is 5.69 Å². The molecule has 0 saturated carbocycles. The van der Waals surface area contributed by atoms with Crippen molar-refractivity contribution in [3.05, 3.63) is 50.8 Å². The molecule has 3 N–H and O–H groups in total. The lowest BCUT2D eigenvalue weighted by molar-refractivity contribution is 0.750. The van der Waals surface area contributed by atoms with Crippen molar-refractivity contribution < 1.29 is 0 Å². The highest BCUT2D eigenvalue weighted by Gasteiger charge is 2.03. The van der Waals surface area contributed by atoms with Crippen LogP contribution in [0.3, 0.4) is 0 Å². The predicted molar refractivity (Wildman–Crippen MR) is 59.6 cm³/mol. The van der Waals surface area contributed by atoms with E-state index in [9.17, 15) is 9.59 Å². The highest BCUT2D eigenvalue weighted by atomic mass is 16.2. The lowest BCUT2D eigenvalue weighted by Crippen LogP contribution is -2.30. The first-order valence-electron chi connectivity index (χ1n) is 4.63. The maximum absolute atomic E-state index is 11.4. The topological polar surface area (TPSA) is 93.8 Å². The van der Waals surface area contributed by atoms with Crippen molar-refractivity contribution in [3.63, 3.8) is 0 Å². The van der Waals surface area contributed by atoms with Gasteiger partial charge in [0.05, 0.1) is 5.69 Å². The number of benzene rings is 1. The molecule has 1 aromatic heterocycles. The van der Waals surface area contributed by atoms with E-state index in [1.165, 1.54) is 0 Å². The molecule has 82 valence electrons. The number of aryl methyl sites for hydroxylation is 1. The fraction of sp³-hybridized carbons (Fsp3) is 0.100. The van der Waals surface area contributed by atoms with Crippen LogP contribution in [0, 0.1) is 6.92 Å². The highest BCUT2D eigenvalue weighted by Crippen LogP contribution is 2.13. The summed E-state index contributed by atoms with van der Waals surface area (Å²) in [7, 11) is 0. The van der Waals surface area contributed by atoms with E-state index in [4.69, 9.17) is 5.73 Å². The molecule has 0 fully saturated rings. The molecule has 0 atom stereocenters. The Hall–Kier alpha value is -2.37. The van der Waals surface area contributed by atoms with Crippen molar-refractivity contribution in [2.45, 2.75) is 6.92 Å². The van der Waals surface area contributed by atoms with Crippen LogP contribution >= 0.6 is 0 Å². The van der Waals surface area contributed by atoms with Gasteiger partial charge in [-0.25, -0.2) is 4.79 Å². The van der Waals surface area contributed by atoms with Crippen molar-refractivity contribution in [3.8, 4) is 5.69 Å². The number of hydrogen-bond acceptors (Lipinski definition) is 4. The Kier molecular flexibility index (Phi) is 2.32. The molecule has 1 aromatic carbocycles. The van der Waals surface area contributed by atoms with Gasteiger partial charge < -0.3 is 5.73 Å². The quantitative estimate of drug-likeness (QED) is 0.649. The summed E-state index contributed by atoms with van der Waals surface area (Å²) in [6, 6.07) is 5.12. The summed E-state index contributed by atoms with van der Waals surface area (Å²) in [5.74, 6) is 0. The van der Waals surface area contributed by atoms with E-state index < -0.39 is 11.2 Å². The molecule has 0 amide bonds. The van der Waals surface area contributed by atoms with Crippen LogP contribution in [0.5, 0.6) is 0 Å². The molecule has 6 heteroatoms. The van der Waals surface area contributed by atoms with Crippen LogP contribution in [0.2, 0.25) is 0 Å². The molecule has 0 radical (unpaired) electrons. The Morgan fingerprint density at radius 1 is 1.38 bits per heavy atom. The number of H-pyrrole nitrogens is 1. The second-order valence-corrected chi connectivity index (χ2v) is 3.39. The molecule has 0 unspecified atom stereocenters. The third-order valence-electron chi connectivity index (χ3n) is 2.22. The summed E-state index contributed by atoms with van der Waals surface area (Å²) >= 11 is 0. The van der Waals surface area contributed by atoms with Crippen LogP contribution in [0.25, 0.3) is 5.69 Å². The van der Waals surface area contributed by atoms with Crippen LogP contribution in [0.4, 0.5) is 5.69 Å². The number of nitrogens with one attached hydrogen (secondary N) is 1. The highest BCUT2D eigenvalue weighted by molar-refractivity contribution is 5.52.